The van der Waals surface area contributed by atoms with E-state index in [0.29, 0.717) is 35.7 Å². The average molecular weight is 477 g/mol. The third-order valence-electron chi connectivity index (χ3n) is 11.2. The fourth-order valence-corrected chi connectivity index (χ4v) is 9.35. The van der Waals surface area contributed by atoms with Gasteiger partial charge < -0.3 is 14.2 Å². The Morgan fingerprint density at radius 1 is 0.941 bits per heavy atom. The molecule has 2 amide bonds. The predicted octanol–water partition coefficient (Wildman–Crippen LogP) is 5.44. The van der Waals surface area contributed by atoms with Crippen molar-refractivity contribution in [2.24, 2.45) is 46.3 Å². The Morgan fingerprint density at radius 2 is 1.68 bits per heavy atom. The van der Waals surface area contributed by atoms with Crippen molar-refractivity contribution >= 4 is 12.2 Å². The molecular weight excluding hydrogens is 432 g/mol. The van der Waals surface area contributed by atoms with E-state index in [-0.39, 0.29) is 24.2 Å². The van der Waals surface area contributed by atoms with Crippen LogP contribution in [0.2, 0.25) is 0 Å². The minimum Gasteiger partial charge on any atom is -0.446 e. The number of cyclic esters (lactones) is 1. The fraction of sp³-hybridized carbons (Fsp3) is 0.926. The van der Waals surface area contributed by atoms with Gasteiger partial charge in [-0.3, -0.25) is 0 Å². The van der Waals surface area contributed by atoms with E-state index in [0.717, 1.165) is 31.1 Å². The summed E-state index contributed by atoms with van der Waals surface area (Å²) in [4.78, 5) is 24.7. The molecule has 5 rings (SSSR count). The fourth-order valence-electron chi connectivity index (χ4n) is 9.35. The average Bonchev–Trinajstić information content (AvgIpc) is 3.17. The van der Waals surface area contributed by atoms with Crippen molar-refractivity contribution in [2.45, 2.75) is 97.7 Å². The van der Waals surface area contributed by atoms with Crippen LogP contribution in [0.1, 0.15) is 85.5 Å². The number of hydrazine groups is 1. The number of amides is 2. The third kappa shape index (κ3) is 4.00. The number of carbonyl (C=O) groups is 2. The largest absolute Gasteiger partial charge is 0.446 e. The summed E-state index contributed by atoms with van der Waals surface area (Å²) in [5.41, 5.74) is 5.32. The number of rotatable bonds is 2. The highest BCUT2D eigenvalue weighted by Gasteiger charge is 2.63. The molecule has 1 saturated heterocycles. The molecule has 5 fully saturated rings. The van der Waals surface area contributed by atoms with Crippen molar-refractivity contribution in [3.63, 3.8) is 0 Å². The van der Waals surface area contributed by atoms with E-state index in [1.54, 1.807) is 0 Å². The van der Waals surface area contributed by atoms with Gasteiger partial charge in [-0.05, 0) is 91.8 Å². The van der Waals surface area contributed by atoms with Gasteiger partial charge in [-0.2, -0.15) is 0 Å². The van der Waals surface area contributed by atoms with Crippen LogP contribution < -0.4 is 10.9 Å². The SMILES string of the molecule is CC[C@@H](C)[C@H]1CC[C@H]2[C@@H]3[C@H]4C[C@@H]5C[C@@H](CC[C@]5(C)[C@H]3CC[C@]12C)OCCOC(=O)NNC(=O)O4. The Kier molecular flexibility index (Phi) is 6.54. The Balaban J connectivity index is 1.46. The number of hydrogen-bond donors (Lipinski definition) is 2. The molecule has 1 heterocycles. The second-order valence-corrected chi connectivity index (χ2v) is 12.4. The molecule has 10 atom stereocenters. The summed E-state index contributed by atoms with van der Waals surface area (Å²) in [7, 11) is 0. The van der Waals surface area contributed by atoms with Crippen molar-refractivity contribution in [3.05, 3.63) is 0 Å². The van der Waals surface area contributed by atoms with Gasteiger partial charge in [-0.25, -0.2) is 20.4 Å². The molecule has 0 aromatic rings. The molecule has 3 bridgehead atoms. The monoisotopic (exact) mass is 476 g/mol. The first kappa shape index (κ1) is 24.2. The summed E-state index contributed by atoms with van der Waals surface area (Å²) in [6, 6.07) is 0. The van der Waals surface area contributed by atoms with Crippen molar-refractivity contribution < 1.29 is 23.8 Å². The predicted molar refractivity (Wildman–Crippen MR) is 128 cm³/mol. The van der Waals surface area contributed by atoms with Gasteiger partial charge in [0.05, 0.1) is 12.7 Å². The van der Waals surface area contributed by atoms with Crippen LogP contribution in [-0.2, 0) is 14.2 Å². The minimum absolute atomic E-state index is 0.122. The van der Waals surface area contributed by atoms with Gasteiger partial charge in [-0.1, -0.05) is 34.1 Å². The highest BCUT2D eigenvalue weighted by atomic mass is 16.6. The highest BCUT2D eigenvalue weighted by Crippen LogP contribution is 2.68. The van der Waals surface area contributed by atoms with Gasteiger partial charge in [0.25, 0.3) is 0 Å². The molecule has 5 aliphatic rings. The number of fused-ring (bicyclic) bond motifs is 7. The maximum absolute atomic E-state index is 12.8. The van der Waals surface area contributed by atoms with E-state index >= 15 is 0 Å². The summed E-state index contributed by atoms with van der Waals surface area (Å²) in [6.07, 6.45) is 9.22. The Bertz CT molecular complexity index is 791. The lowest BCUT2D eigenvalue weighted by molar-refractivity contribution is -0.179. The van der Waals surface area contributed by atoms with Gasteiger partial charge in [0.1, 0.15) is 12.7 Å². The first-order chi connectivity index (χ1) is 16.3. The van der Waals surface area contributed by atoms with E-state index in [2.05, 4.69) is 38.5 Å². The van der Waals surface area contributed by atoms with E-state index in [1.165, 1.54) is 38.5 Å². The van der Waals surface area contributed by atoms with E-state index < -0.39 is 12.2 Å². The Labute approximate surface area is 204 Å². The lowest BCUT2D eigenvalue weighted by Crippen LogP contribution is -2.60. The number of ether oxygens (including phenoxy) is 3. The summed E-state index contributed by atoms with van der Waals surface area (Å²) >= 11 is 0. The third-order valence-corrected chi connectivity index (χ3v) is 11.2. The molecule has 34 heavy (non-hydrogen) atoms. The number of carbonyl (C=O) groups excluding carboxylic acids is 2. The summed E-state index contributed by atoms with van der Waals surface area (Å²) < 4.78 is 17.4. The molecule has 192 valence electrons. The van der Waals surface area contributed by atoms with Gasteiger partial charge in [-0.15, -0.1) is 0 Å². The Morgan fingerprint density at radius 3 is 2.47 bits per heavy atom. The molecule has 4 saturated carbocycles. The molecule has 7 nitrogen and oxygen atoms in total. The van der Waals surface area contributed by atoms with E-state index in [4.69, 9.17) is 14.2 Å². The van der Waals surface area contributed by atoms with Crippen LogP contribution >= 0.6 is 0 Å². The topological polar surface area (TPSA) is 85.9 Å². The van der Waals surface area contributed by atoms with Crippen LogP contribution in [0.25, 0.3) is 0 Å². The smallest absolute Gasteiger partial charge is 0.426 e. The van der Waals surface area contributed by atoms with Crippen molar-refractivity contribution in [1.29, 1.82) is 0 Å². The van der Waals surface area contributed by atoms with Crippen molar-refractivity contribution in [1.82, 2.24) is 10.9 Å². The lowest BCUT2D eigenvalue weighted by atomic mass is 9.43. The quantitative estimate of drug-likeness (QED) is 0.555. The van der Waals surface area contributed by atoms with E-state index in [9.17, 15) is 9.59 Å². The minimum atomic E-state index is -0.689. The Hall–Kier alpha value is -1.50. The van der Waals surface area contributed by atoms with Gasteiger partial charge in [0.2, 0.25) is 0 Å². The van der Waals surface area contributed by atoms with Crippen LogP contribution in [-0.4, -0.2) is 37.6 Å². The van der Waals surface area contributed by atoms with Crippen molar-refractivity contribution in [2.75, 3.05) is 13.2 Å². The standard InChI is InChI=1S/C27H44N2O5/c1-5-16(2)19-6-7-20-23-21(9-11-27(19,20)4)26(3)10-8-18-14-17(26)15-22(23)34-25(31)29-28-24(30)33-13-12-32-18/h16-23H,5-15H2,1-4H3,(H,28,30)(H,29,31)/t16-,17+,18-,19-,20+,21+,22-,23+,26+,27-/m1/s1. The first-order valence-corrected chi connectivity index (χ1v) is 13.8. The molecule has 4 aliphatic carbocycles. The maximum Gasteiger partial charge on any atom is 0.426 e. The van der Waals surface area contributed by atoms with Crippen LogP contribution in [0.4, 0.5) is 9.59 Å². The van der Waals surface area contributed by atoms with Crippen molar-refractivity contribution in [3.8, 4) is 0 Å². The zero-order valence-electron chi connectivity index (χ0n) is 21.4. The summed E-state index contributed by atoms with van der Waals surface area (Å²) in [6.45, 7) is 10.4. The molecule has 0 aromatic carbocycles. The zero-order chi connectivity index (χ0) is 24.1. The second-order valence-electron chi connectivity index (χ2n) is 12.4. The molecule has 2 N–H and O–H groups in total. The molecule has 7 heteroatoms. The van der Waals surface area contributed by atoms with E-state index in [1.807, 2.05) is 0 Å². The van der Waals surface area contributed by atoms with Crippen LogP contribution in [0.3, 0.4) is 0 Å². The molecule has 0 unspecified atom stereocenters. The first-order valence-electron chi connectivity index (χ1n) is 13.8. The van der Waals surface area contributed by atoms with Gasteiger partial charge in [0.15, 0.2) is 0 Å². The number of nitrogens with one attached hydrogen (secondary N) is 2. The molecule has 0 radical (unpaired) electrons. The normalized spacial score (nSPS) is 47.7. The van der Waals surface area contributed by atoms with Crippen LogP contribution in [0.5, 0.6) is 0 Å². The maximum atomic E-state index is 12.8. The molecular formula is C27H44N2O5. The zero-order valence-corrected chi connectivity index (χ0v) is 21.4. The molecule has 0 aromatic heterocycles. The van der Waals surface area contributed by atoms with Gasteiger partial charge >= 0.3 is 12.2 Å². The summed E-state index contributed by atoms with van der Waals surface area (Å²) in [5.74, 6) is 3.52. The number of hydrogen-bond acceptors (Lipinski definition) is 5. The van der Waals surface area contributed by atoms with Crippen LogP contribution in [0.15, 0.2) is 0 Å². The van der Waals surface area contributed by atoms with Crippen LogP contribution in [0, 0.1) is 46.3 Å². The second kappa shape index (κ2) is 9.18. The molecule has 0 spiro atoms. The highest BCUT2D eigenvalue weighted by molar-refractivity contribution is 5.73. The lowest BCUT2D eigenvalue weighted by Gasteiger charge is -2.63. The summed E-state index contributed by atoms with van der Waals surface area (Å²) in [5, 5.41) is 0. The molecule has 1 aliphatic heterocycles. The van der Waals surface area contributed by atoms with Gasteiger partial charge in [0, 0.05) is 5.92 Å².